The molecule has 32 heavy (non-hydrogen) atoms. The summed E-state index contributed by atoms with van der Waals surface area (Å²) in [6.45, 7) is 10.6. The molecule has 0 atom stereocenters. The van der Waals surface area contributed by atoms with Crippen LogP contribution >= 0.6 is 0 Å². The Morgan fingerprint density at radius 2 is 1.53 bits per heavy atom. The molecule has 1 fully saturated rings. The van der Waals surface area contributed by atoms with E-state index in [-0.39, 0.29) is 5.41 Å². The number of imidazole rings is 1. The first-order valence-electron chi connectivity index (χ1n) is 11.1. The molecule has 4 rings (SSSR count). The molecule has 1 aliphatic heterocycles. The molecule has 6 nitrogen and oxygen atoms in total. The molecule has 0 bridgehead atoms. The van der Waals surface area contributed by atoms with Gasteiger partial charge in [0.25, 0.3) is 0 Å². The molecule has 0 radical (unpaired) electrons. The quantitative estimate of drug-likeness (QED) is 0.570. The number of nitrogens with zero attached hydrogens (tertiary/aromatic N) is 4. The van der Waals surface area contributed by atoms with Crippen LogP contribution in [0.2, 0.25) is 0 Å². The summed E-state index contributed by atoms with van der Waals surface area (Å²) in [7, 11) is -3.46. The largest absolute Gasteiger partial charge is 0.330 e. The Labute approximate surface area is 191 Å². The van der Waals surface area contributed by atoms with E-state index >= 15 is 0 Å². The molecule has 0 aliphatic carbocycles. The van der Waals surface area contributed by atoms with E-state index < -0.39 is 10.0 Å². The van der Waals surface area contributed by atoms with E-state index in [1.54, 1.807) is 16.4 Å². The number of piperazine rings is 1. The lowest BCUT2D eigenvalue weighted by atomic mass is 9.87. The summed E-state index contributed by atoms with van der Waals surface area (Å²) in [5.74, 6) is 0.963. The molecule has 1 aliphatic rings. The maximum atomic E-state index is 13.1. The van der Waals surface area contributed by atoms with Crippen molar-refractivity contribution in [1.82, 2.24) is 18.8 Å². The van der Waals surface area contributed by atoms with Gasteiger partial charge in [0.05, 0.1) is 4.90 Å². The average Bonchev–Trinajstić information content (AvgIpc) is 3.27. The zero-order valence-corrected chi connectivity index (χ0v) is 19.9. The summed E-state index contributed by atoms with van der Waals surface area (Å²) >= 11 is 0. The summed E-state index contributed by atoms with van der Waals surface area (Å²) < 4.78 is 30.0. The lowest BCUT2D eigenvalue weighted by molar-refractivity contribution is 0.183. The molecular weight excluding hydrogens is 420 g/mol. The maximum absolute atomic E-state index is 13.1. The van der Waals surface area contributed by atoms with E-state index in [1.165, 1.54) is 0 Å². The van der Waals surface area contributed by atoms with E-state index in [1.807, 2.05) is 42.7 Å². The van der Waals surface area contributed by atoms with Crippen molar-refractivity contribution in [3.05, 3.63) is 72.6 Å². The number of benzene rings is 2. The zero-order valence-electron chi connectivity index (χ0n) is 19.1. The Hall–Kier alpha value is -2.48. The molecule has 1 saturated heterocycles. The molecular formula is C25H32N4O2S. The van der Waals surface area contributed by atoms with Gasteiger partial charge in [0.1, 0.15) is 5.82 Å². The smallest absolute Gasteiger partial charge is 0.243 e. The molecule has 2 heterocycles. The Morgan fingerprint density at radius 3 is 2.16 bits per heavy atom. The van der Waals surface area contributed by atoms with E-state index in [9.17, 15) is 8.42 Å². The molecule has 7 heteroatoms. The van der Waals surface area contributed by atoms with Crippen molar-refractivity contribution in [3.63, 3.8) is 0 Å². The van der Waals surface area contributed by atoms with E-state index in [0.29, 0.717) is 18.0 Å². The van der Waals surface area contributed by atoms with Gasteiger partial charge < -0.3 is 4.57 Å². The van der Waals surface area contributed by atoms with Gasteiger partial charge >= 0.3 is 0 Å². The van der Waals surface area contributed by atoms with Gasteiger partial charge in [0.15, 0.2) is 0 Å². The van der Waals surface area contributed by atoms with Gasteiger partial charge in [-0.05, 0) is 23.1 Å². The van der Waals surface area contributed by atoms with E-state index in [2.05, 4.69) is 47.4 Å². The van der Waals surface area contributed by atoms with Crippen LogP contribution in [0.25, 0.3) is 11.4 Å². The molecule has 1 aromatic heterocycles. The Kier molecular flexibility index (Phi) is 6.51. The monoisotopic (exact) mass is 452 g/mol. The second kappa shape index (κ2) is 9.17. The van der Waals surface area contributed by atoms with Crippen LogP contribution in [0.15, 0.2) is 71.9 Å². The molecule has 0 saturated carbocycles. The number of rotatable bonds is 6. The van der Waals surface area contributed by atoms with Crippen molar-refractivity contribution >= 4 is 10.0 Å². The Morgan fingerprint density at radius 1 is 0.875 bits per heavy atom. The minimum Gasteiger partial charge on any atom is -0.330 e. The second-order valence-corrected chi connectivity index (χ2v) is 11.3. The predicted octanol–water partition coefficient (Wildman–Crippen LogP) is 3.85. The maximum Gasteiger partial charge on any atom is 0.243 e. The average molecular weight is 453 g/mol. The van der Waals surface area contributed by atoms with Gasteiger partial charge in [-0.15, -0.1) is 0 Å². The number of hydrogen-bond donors (Lipinski definition) is 0. The van der Waals surface area contributed by atoms with Crippen LogP contribution in [0.4, 0.5) is 0 Å². The SMILES string of the molecule is CC(C)(C)c1ccc(S(=O)(=O)N2CCN(CCn3ccnc3-c3ccccc3)CC2)cc1. The number of aromatic nitrogens is 2. The standard InChI is InChI=1S/C25H32N4O2S/c1-25(2,3)22-9-11-23(12-10-22)32(30,31)29-19-16-27(17-20-29)15-18-28-14-13-26-24(28)21-7-5-4-6-8-21/h4-14H,15-20H2,1-3H3. The highest BCUT2D eigenvalue weighted by Crippen LogP contribution is 2.25. The highest BCUT2D eigenvalue weighted by atomic mass is 32.2. The van der Waals surface area contributed by atoms with Crippen LogP contribution in [0.5, 0.6) is 0 Å². The molecule has 3 aromatic rings. The van der Waals surface area contributed by atoms with Crippen molar-refractivity contribution in [2.45, 2.75) is 37.6 Å². The van der Waals surface area contributed by atoms with Crippen LogP contribution < -0.4 is 0 Å². The Bertz CT molecular complexity index is 1120. The van der Waals surface area contributed by atoms with Crippen molar-refractivity contribution in [2.24, 2.45) is 0 Å². The molecule has 0 unspecified atom stereocenters. The number of sulfonamides is 1. The summed E-state index contributed by atoms with van der Waals surface area (Å²) in [6, 6.07) is 17.5. The third kappa shape index (κ3) is 4.95. The fourth-order valence-corrected chi connectivity index (χ4v) is 5.48. The van der Waals surface area contributed by atoms with Gasteiger partial charge in [-0.2, -0.15) is 4.31 Å². The highest BCUT2D eigenvalue weighted by Gasteiger charge is 2.28. The summed E-state index contributed by atoms with van der Waals surface area (Å²) in [4.78, 5) is 7.21. The first-order chi connectivity index (χ1) is 15.2. The van der Waals surface area contributed by atoms with Crippen LogP contribution in [-0.4, -0.2) is 59.9 Å². The third-order valence-corrected chi connectivity index (χ3v) is 8.01. The van der Waals surface area contributed by atoms with Crippen LogP contribution in [-0.2, 0) is 22.0 Å². The van der Waals surface area contributed by atoms with Crippen LogP contribution in [0, 0.1) is 0 Å². The third-order valence-electron chi connectivity index (χ3n) is 6.09. The Balaban J connectivity index is 1.34. The molecule has 0 N–H and O–H groups in total. The minimum absolute atomic E-state index is 0.00350. The molecule has 2 aromatic carbocycles. The number of hydrogen-bond acceptors (Lipinski definition) is 4. The van der Waals surface area contributed by atoms with Crippen LogP contribution in [0.3, 0.4) is 0 Å². The fraction of sp³-hybridized carbons (Fsp3) is 0.400. The van der Waals surface area contributed by atoms with Crippen molar-refractivity contribution in [2.75, 3.05) is 32.7 Å². The lowest BCUT2D eigenvalue weighted by Crippen LogP contribution is -2.49. The van der Waals surface area contributed by atoms with Crippen molar-refractivity contribution in [3.8, 4) is 11.4 Å². The predicted molar refractivity (Wildman–Crippen MR) is 128 cm³/mol. The van der Waals surface area contributed by atoms with Gasteiger partial charge in [-0.3, -0.25) is 4.90 Å². The normalized spacial score (nSPS) is 16.3. The fourth-order valence-electron chi connectivity index (χ4n) is 4.06. The minimum atomic E-state index is -3.46. The summed E-state index contributed by atoms with van der Waals surface area (Å²) in [5.41, 5.74) is 2.24. The van der Waals surface area contributed by atoms with E-state index in [0.717, 1.165) is 43.1 Å². The van der Waals surface area contributed by atoms with Crippen molar-refractivity contribution < 1.29 is 8.42 Å². The van der Waals surface area contributed by atoms with Gasteiger partial charge in [0.2, 0.25) is 10.0 Å². The first kappa shape index (κ1) is 22.7. The van der Waals surface area contributed by atoms with Gasteiger partial charge in [-0.1, -0.05) is 63.2 Å². The van der Waals surface area contributed by atoms with Gasteiger partial charge in [-0.25, -0.2) is 13.4 Å². The first-order valence-corrected chi connectivity index (χ1v) is 12.6. The van der Waals surface area contributed by atoms with E-state index in [4.69, 9.17) is 0 Å². The second-order valence-electron chi connectivity index (χ2n) is 9.33. The topological polar surface area (TPSA) is 58.4 Å². The van der Waals surface area contributed by atoms with Gasteiger partial charge in [0, 0.05) is 57.2 Å². The molecule has 0 spiro atoms. The molecule has 0 amide bonds. The molecule has 170 valence electrons. The zero-order chi connectivity index (χ0) is 22.8. The van der Waals surface area contributed by atoms with Crippen molar-refractivity contribution in [1.29, 1.82) is 0 Å². The van der Waals surface area contributed by atoms with Crippen LogP contribution in [0.1, 0.15) is 26.3 Å². The lowest BCUT2D eigenvalue weighted by Gasteiger charge is -2.34. The summed E-state index contributed by atoms with van der Waals surface area (Å²) in [5, 5.41) is 0. The summed E-state index contributed by atoms with van der Waals surface area (Å²) in [6.07, 6.45) is 3.84. The highest BCUT2D eigenvalue weighted by molar-refractivity contribution is 7.89.